The molecule has 2 heteroatoms. The molecule has 20 heavy (non-hydrogen) atoms. The maximum atomic E-state index is 6.27. The van der Waals surface area contributed by atoms with Gasteiger partial charge >= 0.3 is 0 Å². The van der Waals surface area contributed by atoms with Crippen LogP contribution in [0.25, 0.3) is 0 Å². The van der Waals surface area contributed by atoms with E-state index in [0.29, 0.717) is 0 Å². The van der Waals surface area contributed by atoms with E-state index in [1.165, 1.54) is 37.8 Å². The third kappa shape index (κ3) is 3.24. The molecule has 0 aromatic heterocycles. The van der Waals surface area contributed by atoms with Gasteiger partial charge in [0.2, 0.25) is 0 Å². The van der Waals surface area contributed by atoms with Crippen molar-refractivity contribution in [2.45, 2.75) is 64.0 Å². The minimum Gasteiger partial charge on any atom is -0.329 e. The third-order valence-electron chi connectivity index (χ3n) is 5.12. The molecule has 1 aliphatic rings. The van der Waals surface area contributed by atoms with E-state index < -0.39 is 0 Å². The topological polar surface area (TPSA) is 29.3 Å². The summed E-state index contributed by atoms with van der Waals surface area (Å²) in [6, 6.07) is 11.6. The predicted molar refractivity (Wildman–Crippen MR) is 86.9 cm³/mol. The molecule has 112 valence electrons. The molecule has 1 aromatic rings. The van der Waals surface area contributed by atoms with Gasteiger partial charge in [0.05, 0.1) is 0 Å². The third-order valence-corrected chi connectivity index (χ3v) is 5.12. The number of benzene rings is 1. The molecule has 1 aromatic carbocycles. The van der Waals surface area contributed by atoms with Gasteiger partial charge in [-0.05, 0) is 44.2 Å². The maximum absolute atomic E-state index is 6.27. The molecule has 2 unspecified atom stereocenters. The van der Waals surface area contributed by atoms with E-state index >= 15 is 0 Å². The summed E-state index contributed by atoms with van der Waals surface area (Å²) >= 11 is 0. The van der Waals surface area contributed by atoms with E-state index in [4.69, 9.17) is 5.73 Å². The second kappa shape index (κ2) is 7.24. The first-order valence-corrected chi connectivity index (χ1v) is 8.26. The molecule has 1 heterocycles. The summed E-state index contributed by atoms with van der Waals surface area (Å²) in [5.74, 6) is 0. The molecule has 0 bridgehead atoms. The highest BCUT2D eigenvalue weighted by Gasteiger charge is 2.38. The summed E-state index contributed by atoms with van der Waals surface area (Å²) in [5.41, 5.74) is 7.83. The quantitative estimate of drug-likeness (QED) is 0.859. The van der Waals surface area contributed by atoms with E-state index in [-0.39, 0.29) is 5.54 Å². The first-order valence-electron chi connectivity index (χ1n) is 8.26. The molecule has 1 aliphatic heterocycles. The molecule has 1 saturated heterocycles. The zero-order valence-corrected chi connectivity index (χ0v) is 13.1. The zero-order chi connectivity index (χ0) is 14.4. The van der Waals surface area contributed by atoms with Crippen molar-refractivity contribution in [2.24, 2.45) is 5.73 Å². The number of nitrogens with zero attached hydrogens (tertiary/aromatic N) is 1. The maximum Gasteiger partial charge on any atom is 0.0372 e. The fraction of sp³-hybridized carbons (Fsp3) is 0.667. The van der Waals surface area contributed by atoms with Crippen molar-refractivity contribution in [1.82, 2.24) is 4.90 Å². The molecule has 0 radical (unpaired) electrons. The van der Waals surface area contributed by atoms with Crippen molar-refractivity contribution in [3.8, 4) is 0 Å². The van der Waals surface area contributed by atoms with Crippen LogP contribution < -0.4 is 5.73 Å². The Kier molecular flexibility index (Phi) is 5.62. The van der Waals surface area contributed by atoms with Gasteiger partial charge in [-0.3, -0.25) is 4.90 Å². The van der Waals surface area contributed by atoms with Crippen LogP contribution in [0.3, 0.4) is 0 Å². The van der Waals surface area contributed by atoms with Crippen molar-refractivity contribution in [3.05, 3.63) is 35.9 Å². The molecule has 1 fully saturated rings. The zero-order valence-electron chi connectivity index (χ0n) is 13.1. The lowest BCUT2D eigenvalue weighted by atomic mass is 9.82. The predicted octanol–water partition coefficient (Wildman–Crippen LogP) is 3.60. The lowest BCUT2D eigenvalue weighted by molar-refractivity contribution is 0.0169. The summed E-state index contributed by atoms with van der Waals surface area (Å²) in [6.07, 6.45) is 7.51. The van der Waals surface area contributed by atoms with Gasteiger partial charge in [0.1, 0.15) is 0 Å². The SMILES string of the molecule is CCC1CCCCN1C(CC)(CN)Cc1ccccc1. The smallest absolute Gasteiger partial charge is 0.0372 e. The molecule has 0 aliphatic carbocycles. The Morgan fingerprint density at radius 2 is 1.95 bits per heavy atom. The van der Waals surface area contributed by atoms with Crippen LogP contribution in [0.1, 0.15) is 51.5 Å². The minimum absolute atomic E-state index is 0.141. The van der Waals surface area contributed by atoms with Gasteiger partial charge in [-0.25, -0.2) is 0 Å². The van der Waals surface area contributed by atoms with E-state index in [9.17, 15) is 0 Å². The lowest BCUT2D eigenvalue weighted by Gasteiger charge is -2.49. The number of nitrogens with two attached hydrogens (primary N) is 1. The van der Waals surface area contributed by atoms with Crippen LogP contribution in [-0.2, 0) is 6.42 Å². The number of likely N-dealkylation sites (tertiary alicyclic amines) is 1. The number of rotatable bonds is 6. The van der Waals surface area contributed by atoms with Gasteiger partial charge in [-0.1, -0.05) is 50.6 Å². The minimum atomic E-state index is 0.141. The number of piperidine rings is 1. The summed E-state index contributed by atoms with van der Waals surface area (Å²) in [5, 5.41) is 0. The molecular formula is C18H30N2. The molecule has 0 amide bonds. The van der Waals surface area contributed by atoms with Gasteiger partial charge in [-0.2, -0.15) is 0 Å². The van der Waals surface area contributed by atoms with Gasteiger partial charge in [0.25, 0.3) is 0 Å². The fourth-order valence-corrected chi connectivity index (χ4v) is 3.79. The standard InChI is InChI=1S/C18H30N2/c1-3-17-12-8-9-13-20(17)18(4-2,15-19)14-16-10-6-5-7-11-16/h5-7,10-11,17H,3-4,8-9,12-15,19H2,1-2H3. The first-order chi connectivity index (χ1) is 9.75. The molecule has 2 rings (SSSR count). The van der Waals surface area contributed by atoms with E-state index in [1.54, 1.807) is 0 Å². The average Bonchev–Trinajstić information content (AvgIpc) is 2.54. The van der Waals surface area contributed by atoms with Crippen molar-refractivity contribution < 1.29 is 0 Å². The summed E-state index contributed by atoms with van der Waals surface area (Å²) < 4.78 is 0. The van der Waals surface area contributed by atoms with Crippen LogP contribution in [0.5, 0.6) is 0 Å². The molecule has 2 atom stereocenters. The Balaban J connectivity index is 2.23. The van der Waals surface area contributed by atoms with Crippen LogP contribution in [0.4, 0.5) is 0 Å². The first kappa shape index (κ1) is 15.5. The summed E-state index contributed by atoms with van der Waals surface area (Å²) in [6.45, 7) is 6.60. The molecule has 2 N–H and O–H groups in total. The van der Waals surface area contributed by atoms with Crippen LogP contribution in [0.15, 0.2) is 30.3 Å². The van der Waals surface area contributed by atoms with Crippen molar-refractivity contribution in [1.29, 1.82) is 0 Å². The van der Waals surface area contributed by atoms with Crippen molar-refractivity contribution >= 4 is 0 Å². The highest BCUT2D eigenvalue weighted by Crippen LogP contribution is 2.32. The monoisotopic (exact) mass is 274 g/mol. The number of hydrogen-bond donors (Lipinski definition) is 1. The van der Waals surface area contributed by atoms with Gasteiger partial charge < -0.3 is 5.73 Å². The highest BCUT2D eigenvalue weighted by molar-refractivity contribution is 5.18. The van der Waals surface area contributed by atoms with Crippen LogP contribution in [-0.4, -0.2) is 29.6 Å². The van der Waals surface area contributed by atoms with E-state index in [1.807, 2.05) is 0 Å². The Bertz CT molecular complexity index is 384. The summed E-state index contributed by atoms with van der Waals surface area (Å²) in [7, 11) is 0. The van der Waals surface area contributed by atoms with Crippen molar-refractivity contribution in [2.75, 3.05) is 13.1 Å². The van der Waals surface area contributed by atoms with Crippen molar-refractivity contribution in [3.63, 3.8) is 0 Å². The van der Waals surface area contributed by atoms with Gasteiger partial charge in [0, 0.05) is 18.1 Å². The Morgan fingerprint density at radius 3 is 2.55 bits per heavy atom. The molecular weight excluding hydrogens is 244 g/mol. The van der Waals surface area contributed by atoms with Gasteiger partial charge in [0.15, 0.2) is 0 Å². The van der Waals surface area contributed by atoms with Crippen LogP contribution >= 0.6 is 0 Å². The second-order valence-electron chi connectivity index (χ2n) is 6.20. The Morgan fingerprint density at radius 1 is 1.20 bits per heavy atom. The van der Waals surface area contributed by atoms with E-state index in [2.05, 4.69) is 49.1 Å². The average molecular weight is 274 g/mol. The van der Waals surface area contributed by atoms with Crippen LogP contribution in [0.2, 0.25) is 0 Å². The largest absolute Gasteiger partial charge is 0.329 e. The highest BCUT2D eigenvalue weighted by atomic mass is 15.2. The number of hydrogen-bond acceptors (Lipinski definition) is 2. The normalized spacial score (nSPS) is 23.4. The Hall–Kier alpha value is -0.860. The lowest BCUT2D eigenvalue weighted by Crippen LogP contribution is -2.60. The fourth-order valence-electron chi connectivity index (χ4n) is 3.79. The molecule has 2 nitrogen and oxygen atoms in total. The van der Waals surface area contributed by atoms with E-state index in [0.717, 1.165) is 25.4 Å². The molecule has 0 spiro atoms. The van der Waals surface area contributed by atoms with Gasteiger partial charge in [-0.15, -0.1) is 0 Å². The second-order valence-corrected chi connectivity index (χ2v) is 6.20. The summed E-state index contributed by atoms with van der Waals surface area (Å²) in [4.78, 5) is 2.74. The molecule has 0 saturated carbocycles. The Labute approximate surface area is 124 Å². The van der Waals surface area contributed by atoms with Crippen LogP contribution in [0, 0.1) is 0 Å².